The molecule has 4 atom stereocenters. The van der Waals surface area contributed by atoms with Crippen LogP contribution in [0.4, 0.5) is 0 Å². The SMILES string of the molecule is CC1CCN(C[C@@H](O)CO[C@@H]2C[C@H](C)CC[C@@H]2C(C)C)CC1. The standard InChI is InChI=1S/C19H37NO2/c1-14(2)18-6-5-16(4)11-19(18)22-13-17(21)12-20-9-7-15(3)8-10-20/h14-19,21H,5-13H2,1-4H3/t16-,17-,18-,19-/m1/s1. The van der Waals surface area contributed by atoms with E-state index in [1.165, 1.54) is 25.7 Å². The highest BCUT2D eigenvalue weighted by atomic mass is 16.5. The maximum atomic E-state index is 10.3. The highest BCUT2D eigenvalue weighted by molar-refractivity contribution is 4.82. The number of piperidine rings is 1. The molecule has 0 unspecified atom stereocenters. The lowest BCUT2D eigenvalue weighted by molar-refractivity contribution is -0.0749. The van der Waals surface area contributed by atoms with Crippen molar-refractivity contribution >= 4 is 0 Å². The van der Waals surface area contributed by atoms with E-state index in [-0.39, 0.29) is 6.10 Å². The first-order chi connectivity index (χ1) is 10.5. The molecular weight excluding hydrogens is 274 g/mol. The summed E-state index contributed by atoms with van der Waals surface area (Å²) in [6.45, 7) is 12.8. The zero-order valence-corrected chi connectivity index (χ0v) is 15.1. The summed E-state index contributed by atoms with van der Waals surface area (Å²) in [5.41, 5.74) is 0. The molecule has 0 aromatic carbocycles. The van der Waals surface area contributed by atoms with Crippen molar-refractivity contribution in [1.29, 1.82) is 0 Å². The molecule has 2 rings (SSSR count). The zero-order valence-electron chi connectivity index (χ0n) is 15.1. The van der Waals surface area contributed by atoms with Crippen LogP contribution in [0.25, 0.3) is 0 Å². The topological polar surface area (TPSA) is 32.7 Å². The molecule has 3 nitrogen and oxygen atoms in total. The summed E-state index contributed by atoms with van der Waals surface area (Å²) in [5.74, 6) is 2.96. The normalized spacial score (nSPS) is 33.3. The molecule has 1 saturated carbocycles. The van der Waals surface area contributed by atoms with Crippen molar-refractivity contribution in [2.75, 3.05) is 26.2 Å². The van der Waals surface area contributed by atoms with E-state index in [9.17, 15) is 5.11 Å². The number of hydrogen-bond acceptors (Lipinski definition) is 3. The van der Waals surface area contributed by atoms with Crippen molar-refractivity contribution in [1.82, 2.24) is 4.90 Å². The van der Waals surface area contributed by atoms with E-state index >= 15 is 0 Å². The van der Waals surface area contributed by atoms with Gasteiger partial charge in [-0.05, 0) is 62.4 Å². The van der Waals surface area contributed by atoms with Gasteiger partial charge in [0.25, 0.3) is 0 Å². The monoisotopic (exact) mass is 311 g/mol. The van der Waals surface area contributed by atoms with Crippen LogP contribution in [0, 0.1) is 23.7 Å². The lowest BCUT2D eigenvalue weighted by atomic mass is 9.75. The molecule has 0 radical (unpaired) electrons. The van der Waals surface area contributed by atoms with Gasteiger partial charge >= 0.3 is 0 Å². The van der Waals surface area contributed by atoms with Crippen molar-refractivity contribution in [3.05, 3.63) is 0 Å². The van der Waals surface area contributed by atoms with Crippen LogP contribution in [0.1, 0.15) is 59.8 Å². The fourth-order valence-corrected chi connectivity index (χ4v) is 4.14. The van der Waals surface area contributed by atoms with E-state index in [1.54, 1.807) is 0 Å². The molecule has 1 aliphatic heterocycles. The number of rotatable bonds is 6. The van der Waals surface area contributed by atoms with Gasteiger partial charge in [0.05, 0.1) is 18.8 Å². The number of aliphatic hydroxyl groups is 1. The summed E-state index contributed by atoms with van der Waals surface area (Å²) >= 11 is 0. The van der Waals surface area contributed by atoms with Gasteiger partial charge in [0.1, 0.15) is 0 Å². The lowest BCUT2D eigenvalue weighted by Gasteiger charge is -2.38. The first kappa shape index (κ1) is 18.2. The third kappa shape index (κ3) is 5.50. The molecule has 3 heteroatoms. The summed E-state index contributed by atoms with van der Waals surface area (Å²) in [7, 11) is 0. The van der Waals surface area contributed by atoms with Gasteiger partial charge in [0.2, 0.25) is 0 Å². The highest BCUT2D eigenvalue weighted by Crippen LogP contribution is 2.35. The quantitative estimate of drug-likeness (QED) is 0.814. The number of aliphatic hydroxyl groups excluding tert-OH is 1. The van der Waals surface area contributed by atoms with Crippen LogP contribution in [0.2, 0.25) is 0 Å². The molecule has 0 bridgehead atoms. The summed E-state index contributed by atoms with van der Waals surface area (Å²) in [6.07, 6.45) is 6.32. The molecule has 2 fully saturated rings. The fourth-order valence-electron chi connectivity index (χ4n) is 4.14. The average Bonchev–Trinajstić information content (AvgIpc) is 2.47. The van der Waals surface area contributed by atoms with Gasteiger partial charge in [0, 0.05) is 6.54 Å². The molecule has 0 spiro atoms. The minimum absolute atomic E-state index is 0.335. The third-order valence-corrected chi connectivity index (χ3v) is 5.81. The average molecular weight is 312 g/mol. The lowest BCUT2D eigenvalue weighted by Crippen LogP contribution is -2.41. The van der Waals surface area contributed by atoms with Gasteiger partial charge in [-0.15, -0.1) is 0 Å². The number of ether oxygens (including phenoxy) is 1. The predicted molar refractivity (Wildman–Crippen MR) is 91.9 cm³/mol. The van der Waals surface area contributed by atoms with Crippen molar-refractivity contribution in [3.8, 4) is 0 Å². The number of likely N-dealkylation sites (tertiary alicyclic amines) is 1. The fraction of sp³-hybridized carbons (Fsp3) is 1.00. The maximum absolute atomic E-state index is 10.3. The van der Waals surface area contributed by atoms with Crippen LogP contribution in [0.5, 0.6) is 0 Å². The van der Waals surface area contributed by atoms with Crippen molar-refractivity contribution in [3.63, 3.8) is 0 Å². The molecule has 1 heterocycles. The molecule has 0 aromatic heterocycles. The van der Waals surface area contributed by atoms with E-state index in [4.69, 9.17) is 4.74 Å². The number of hydrogen-bond donors (Lipinski definition) is 1. The molecule has 130 valence electrons. The molecule has 1 saturated heterocycles. The number of nitrogens with zero attached hydrogens (tertiary/aromatic N) is 1. The Morgan fingerprint density at radius 1 is 1.05 bits per heavy atom. The Bertz CT molecular complexity index is 313. The van der Waals surface area contributed by atoms with E-state index < -0.39 is 0 Å². The van der Waals surface area contributed by atoms with E-state index in [0.717, 1.165) is 37.9 Å². The molecule has 0 amide bonds. The Balaban J connectivity index is 1.73. The van der Waals surface area contributed by atoms with Crippen LogP contribution in [-0.4, -0.2) is 48.5 Å². The van der Waals surface area contributed by atoms with Crippen molar-refractivity contribution in [2.45, 2.75) is 72.0 Å². The Morgan fingerprint density at radius 3 is 2.36 bits per heavy atom. The summed E-state index contributed by atoms with van der Waals surface area (Å²) in [5, 5.41) is 10.3. The van der Waals surface area contributed by atoms with Gasteiger partial charge in [-0.25, -0.2) is 0 Å². The minimum atomic E-state index is -0.335. The smallest absolute Gasteiger partial charge is 0.0900 e. The first-order valence-electron chi connectivity index (χ1n) is 9.47. The number of β-amino-alcohol motifs (C(OH)–C–C–N with tert-alkyl or cyclic N) is 1. The largest absolute Gasteiger partial charge is 0.389 e. The third-order valence-electron chi connectivity index (χ3n) is 5.81. The molecule has 0 aromatic rings. The predicted octanol–water partition coefficient (Wildman–Crippen LogP) is 3.56. The van der Waals surface area contributed by atoms with Crippen molar-refractivity contribution < 1.29 is 9.84 Å². The first-order valence-corrected chi connectivity index (χ1v) is 9.47. The molecule has 1 N–H and O–H groups in total. The molecule has 1 aliphatic carbocycles. The summed E-state index contributed by atoms with van der Waals surface area (Å²) in [4.78, 5) is 2.40. The van der Waals surface area contributed by atoms with Crippen LogP contribution >= 0.6 is 0 Å². The van der Waals surface area contributed by atoms with Crippen molar-refractivity contribution in [2.24, 2.45) is 23.7 Å². The Hall–Kier alpha value is -0.120. The van der Waals surface area contributed by atoms with Crippen LogP contribution in [0.3, 0.4) is 0 Å². The van der Waals surface area contributed by atoms with Crippen LogP contribution in [-0.2, 0) is 4.74 Å². The molecule has 2 aliphatic rings. The summed E-state index contributed by atoms with van der Waals surface area (Å²) < 4.78 is 6.18. The van der Waals surface area contributed by atoms with Gasteiger partial charge in [-0.3, -0.25) is 0 Å². The van der Waals surface area contributed by atoms with Crippen LogP contribution < -0.4 is 0 Å². The van der Waals surface area contributed by atoms with Gasteiger partial charge in [0.15, 0.2) is 0 Å². The minimum Gasteiger partial charge on any atom is -0.389 e. The van der Waals surface area contributed by atoms with Gasteiger partial charge in [-0.1, -0.05) is 34.1 Å². The highest BCUT2D eigenvalue weighted by Gasteiger charge is 2.31. The van der Waals surface area contributed by atoms with Crippen LogP contribution in [0.15, 0.2) is 0 Å². The van der Waals surface area contributed by atoms with E-state index in [0.29, 0.717) is 24.5 Å². The Labute approximate surface area is 137 Å². The maximum Gasteiger partial charge on any atom is 0.0900 e. The van der Waals surface area contributed by atoms with Gasteiger partial charge < -0.3 is 14.7 Å². The van der Waals surface area contributed by atoms with Gasteiger partial charge in [-0.2, -0.15) is 0 Å². The molecular formula is C19H37NO2. The molecule has 22 heavy (non-hydrogen) atoms. The Kier molecular flexibility index (Phi) is 7.17. The summed E-state index contributed by atoms with van der Waals surface area (Å²) in [6, 6.07) is 0. The second-order valence-corrected chi connectivity index (χ2v) is 8.33. The Morgan fingerprint density at radius 2 is 1.73 bits per heavy atom. The second-order valence-electron chi connectivity index (χ2n) is 8.33. The van der Waals surface area contributed by atoms with E-state index in [2.05, 4.69) is 32.6 Å². The zero-order chi connectivity index (χ0) is 16.1. The second kappa shape index (κ2) is 8.65. The van der Waals surface area contributed by atoms with E-state index in [1.807, 2.05) is 0 Å².